The second kappa shape index (κ2) is 11.0. The van der Waals surface area contributed by atoms with Crippen LogP contribution in [0.15, 0.2) is 47.4 Å². The van der Waals surface area contributed by atoms with Gasteiger partial charge in [0.2, 0.25) is 11.8 Å². The van der Waals surface area contributed by atoms with E-state index in [2.05, 4.69) is 10.6 Å². The van der Waals surface area contributed by atoms with Crippen molar-refractivity contribution in [3.8, 4) is 5.75 Å². The van der Waals surface area contributed by atoms with Crippen molar-refractivity contribution in [3.05, 3.63) is 47.5 Å². The molecule has 0 aliphatic heterocycles. The summed E-state index contributed by atoms with van der Waals surface area (Å²) in [7, 11) is 1.54. The quantitative estimate of drug-likeness (QED) is 0.518. The first kappa shape index (κ1) is 22.1. The van der Waals surface area contributed by atoms with Crippen LogP contribution in [-0.2, 0) is 9.59 Å². The Balaban J connectivity index is 2.04. The van der Waals surface area contributed by atoms with Crippen molar-refractivity contribution < 1.29 is 14.3 Å². The maximum Gasteiger partial charge on any atom is 0.237 e. The second-order valence-corrected chi connectivity index (χ2v) is 7.86. The summed E-state index contributed by atoms with van der Waals surface area (Å²) in [6.07, 6.45) is 1.95. The lowest BCUT2D eigenvalue weighted by Gasteiger charge is -2.16. The number of halogens is 1. The largest absolute Gasteiger partial charge is 0.495 e. The summed E-state index contributed by atoms with van der Waals surface area (Å²) < 4.78 is 5.13. The molecule has 28 heavy (non-hydrogen) atoms. The minimum Gasteiger partial charge on any atom is -0.495 e. The zero-order valence-corrected chi connectivity index (χ0v) is 17.8. The van der Waals surface area contributed by atoms with E-state index in [0.29, 0.717) is 29.3 Å². The van der Waals surface area contributed by atoms with E-state index in [1.807, 2.05) is 38.1 Å². The summed E-state index contributed by atoms with van der Waals surface area (Å²) in [6.45, 7) is 3.93. The van der Waals surface area contributed by atoms with E-state index >= 15 is 0 Å². The summed E-state index contributed by atoms with van der Waals surface area (Å²) in [5.41, 5.74) is 1.36. The Morgan fingerprint density at radius 2 is 1.86 bits per heavy atom. The summed E-state index contributed by atoms with van der Waals surface area (Å²) in [6, 6.07) is 12.7. The number of anilines is 2. The molecule has 0 saturated heterocycles. The molecule has 0 aromatic heterocycles. The topological polar surface area (TPSA) is 67.4 Å². The molecule has 5 nitrogen and oxygen atoms in total. The highest BCUT2D eigenvalue weighted by Gasteiger charge is 2.19. The highest BCUT2D eigenvalue weighted by atomic mass is 35.5. The zero-order chi connectivity index (χ0) is 20.5. The predicted molar refractivity (Wildman–Crippen MR) is 117 cm³/mol. The molecule has 2 aromatic carbocycles. The standard InChI is InChI=1S/C21H25ClN2O3S/c1-4-7-20(25)23-14-8-6-9-16(12-14)28-19(5-2)21(26)24-15-10-11-18(27-3)17(22)13-15/h6,8-13,19H,4-5,7H2,1-3H3,(H,23,25)(H,24,26). The Hall–Kier alpha value is -2.18. The average Bonchev–Trinajstić information content (AvgIpc) is 2.66. The first-order valence-corrected chi connectivity index (χ1v) is 10.4. The van der Waals surface area contributed by atoms with Gasteiger partial charge in [-0.15, -0.1) is 11.8 Å². The molecule has 2 aromatic rings. The fourth-order valence-corrected chi connectivity index (χ4v) is 3.82. The van der Waals surface area contributed by atoms with E-state index in [9.17, 15) is 9.59 Å². The lowest BCUT2D eigenvalue weighted by Crippen LogP contribution is -2.24. The molecule has 2 rings (SSSR count). The fourth-order valence-electron chi connectivity index (χ4n) is 2.55. The normalized spacial score (nSPS) is 11.6. The molecule has 0 radical (unpaired) electrons. The Morgan fingerprint density at radius 3 is 2.50 bits per heavy atom. The molecular weight excluding hydrogens is 396 g/mol. The first-order valence-electron chi connectivity index (χ1n) is 9.17. The van der Waals surface area contributed by atoms with Gasteiger partial charge in [0.05, 0.1) is 17.4 Å². The van der Waals surface area contributed by atoms with Crippen molar-refractivity contribution in [2.45, 2.75) is 43.3 Å². The van der Waals surface area contributed by atoms with E-state index in [4.69, 9.17) is 16.3 Å². The van der Waals surface area contributed by atoms with Crippen LogP contribution < -0.4 is 15.4 Å². The van der Waals surface area contributed by atoms with Crippen molar-refractivity contribution in [1.29, 1.82) is 0 Å². The van der Waals surface area contributed by atoms with Gasteiger partial charge >= 0.3 is 0 Å². The van der Waals surface area contributed by atoms with Crippen LogP contribution in [0.25, 0.3) is 0 Å². The van der Waals surface area contributed by atoms with Crippen molar-refractivity contribution in [3.63, 3.8) is 0 Å². The Labute approximate surface area is 175 Å². The molecule has 2 N–H and O–H groups in total. The van der Waals surface area contributed by atoms with Gasteiger partial charge in [0.1, 0.15) is 5.75 Å². The van der Waals surface area contributed by atoms with E-state index in [-0.39, 0.29) is 17.1 Å². The van der Waals surface area contributed by atoms with Gasteiger partial charge in [0.15, 0.2) is 0 Å². The molecule has 0 spiro atoms. The van der Waals surface area contributed by atoms with Crippen molar-refractivity contribution in [1.82, 2.24) is 0 Å². The van der Waals surface area contributed by atoms with Crippen LogP contribution in [0.1, 0.15) is 33.1 Å². The fraction of sp³-hybridized carbons (Fsp3) is 0.333. The molecule has 150 valence electrons. The van der Waals surface area contributed by atoms with Gasteiger partial charge in [-0.25, -0.2) is 0 Å². The van der Waals surface area contributed by atoms with Crippen molar-refractivity contribution in [2.24, 2.45) is 0 Å². The maximum atomic E-state index is 12.7. The van der Waals surface area contributed by atoms with Gasteiger partial charge < -0.3 is 15.4 Å². The maximum absolute atomic E-state index is 12.7. The Bertz CT molecular complexity index is 829. The number of hydrogen-bond donors (Lipinski definition) is 2. The molecule has 0 fully saturated rings. The van der Waals surface area contributed by atoms with Gasteiger partial charge in [0.25, 0.3) is 0 Å². The third-order valence-corrected chi connectivity index (χ3v) is 5.61. The lowest BCUT2D eigenvalue weighted by molar-refractivity contribution is -0.116. The number of benzene rings is 2. The minimum absolute atomic E-state index is 0.00850. The van der Waals surface area contributed by atoms with Crippen molar-refractivity contribution >= 4 is 46.6 Å². The van der Waals surface area contributed by atoms with Crippen LogP contribution >= 0.6 is 23.4 Å². The molecular formula is C21H25ClN2O3S. The van der Waals surface area contributed by atoms with Crippen LogP contribution in [0.5, 0.6) is 5.75 Å². The van der Waals surface area contributed by atoms with Crippen LogP contribution in [0.4, 0.5) is 11.4 Å². The zero-order valence-electron chi connectivity index (χ0n) is 16.3. The second-order valence-electron chi connectivity index (χ2n) is 6.18. The van der Waals surface area contributed by atoms with Gasteiger partial charge in [-0.2, -0.15) is 0 Å². The molecule has 7 heteroatoms. The van der Waals surface area contributed by atoms with Gasteiger partial charge in [-0.05, 0) is 49.2 Å². The van der Waals surface area contributed by atoms with Crippen LogP contribution in [0.3, 0.4) is 0 Å². The molecule has 0 heterocycles. The van der Waals surface area contributed by atoms with E-state index in [1.165, 1.54) is 11.8 Å². The predicted octanol–water partition coefficient (Wildman–Crippen LogP) is 5.60. The van der Waals surface area contributed by atoms with Crippen LogP contribution in [-0.4, -0.2) is 24.2 Å². The van der Waals surface area contributed by atoms with E-state index in [0.717, 1.165) is 17.0 Å². The number of rotatable bonds is 9. The van der Waals surface area contributed by atoms with Crippen LogP contribution in [0, 0.1) is 0 Å². The number of methoxy groups -OCH3 is 1. The van der Waals surface area contributed by atoms with Gasteiger partial charge in [-0.1, -0.05) is 31.5 Å². The average molecular weight is 421 g/mol. The highest BCUT2D eigenvalue weighted by molar-refractivity contribution is 8.00. The summed E-state index contributed by atoms with van der Waals surface area (Å²) in [4.78, 5) is 25.4. The molecule has 0 aliphatic rings. The van der Waals surface area contributed by atoms with Gasteiger partial charge in [-0.3, -0.25) is 9.59 Å². The van der Waals surface area contributed by atoms with E-state index < -0.39 is 0 Å². The molecule has 0 bridgehead atoms. The molecule has 2 amide bonds. The SMILES string of the molecule is CCCC(=O)Nc1cccc(SC(CC)C(=O)Nc2ccc(OC)c(Cl)c2)c1. The Morgan fingerprint density at radius 1 is 1.11 bits per heavy atom. The van der Waals surface area contributed by atoms with Crippen LogP contribution in [0.2, 0.25) is 5.02 Å². The monoisotopic (exact) mass is 420 g/mol. The summed E-state index contributed by atoms with van der Waals surface area (Å²) >= 11 is 7.58. The highest BCUT2D eigenvalue weighted by Crippen LogP contribution is 2.30. The summed E-state index contributed by atoms with van der Waals surface area (Å²) in [5.74, 6) is 0.447. The third-order valence-electron chi connectivity index (χ3n) is 3.96. The lowest BCUT2D eigenvalue weighted by atomic mass is 10.2. The minimum atomic E-state index is -0.275. The smallest absolute Gasteiger partial charge is 0.237 e. The third kappa shape index (κ3) is 6.46. The summed E-state index contributed by atoms with van der Waals surface area (Å²) in [5, 5.41) is 5.95. The van der Waals surface area contributed by atoms with Crippen molar-refractivity contribution in [2.75, 3.05) is 17.7 Å². The number of amides is 2. The molecule has 1 atom stereocenters. The number of carbonyl (C=O) groups is 2. The van der Waals surface area contributed by atoms with Gasteiger partial charge in [0, 0.05) is 22.7 Å². The molecule has 0 saturated carbocycles. The number of carbonyl (C=O) groups excluding carboxylic acids is 2. The Kier molecular flexibility index (Phi) is 8.67. The first-order chi connectivity index (χ1) is 13.5. The number of ether oxygens (including phenoxy) is 1. The number of thioether (sulfide) groups is 1. The molecule has 1 unspecified atom stereocenters. The molecule has 0 aliphatic carbocycles. The number of hydrogen-bond acceptors (Lipinski definition) is 4. The van der Waals surface area contributed by atoms with E-state index in [1.54, 1.807) is 25.3 Å². The number of nitrogens with one attached hydrogen (secondary N) is 2.